The first-order chi connectivity index (χ1) is 9.52. The molecular weight excluding hydrogens is 260 g/mol. The van der Waals surface area contributed by atoms with Crippen LogP contribution < -0.4 is 10.6 Å². The minimum Gasteiger partial charge on any atom is -0.481 e. The van der Waals surface area contributed by atoms with E-state index in [1.54, 1.807) is 6.92 Å². The maximum absolute atomic E-state index is 11.9. The quantitative estimate of drug-likeness (QED) is 0.727. The highest BCUT2D eigenvalue weighted by Crippen LogP contribution is 2.28. The first kappa shape index (κ1) is 15.1. The Morgan fingerprint density at radius 3 is 2.65 bits per heavy atom. The predicted molar refractivity (Wildman–Crippen MR) is 73.5 cm³/mol. The van der Waals surface area contributed by atoms with E-state index in [2.05, 4.69) is 10.6 Å². The van der Waals surface area contributed by atoms with Crippen molar-refractivity contribution in [1.82, 2.24) is 10.6 Å². The summed E-state index contributed by atoms with van der Waals surface area (Å²) in [5.41, 5.74) is -1.04. The van der Waals surface area contributed by atoms with Crippen molar-refractivity contribution in [3.8, 4) is 0 Å². The Bertz CT molecular complexity index is 368. The van der Waals surface area contributed by atoms with Crippen molar-refractivity contribution in [2.45, 2.75) is 45.1 Å². The largest absolute Gasteiger partial charge is 0.481 e. The molecule has 1 saturated heterocycles. The van der Waals surface area contributed by atoms with Crippen molar-refractivity contribution in [3.63, 3.8) is 0 Å². The summed E-state index contributed by atoms with van der Waals surface area (Å²) in [4.78, 5) is 23.2. The Balaban J connectivity index is 1.77. The molecular formula is C14H24N2O4. The molecule has 1 heterocycles. The Morgan fingerprint density at radius 2 is 2.00 bits per heavy atom. The zero-order chi connectivity index (χ0) is 14.6. The topological polar surface area (TPSA) is 87.7 Å². The lowest BCUT2D eigenvalue weighted by Crippen LogP contribution is -2.52. The normalized spacial score (nSPS) is 30.9. The third-order valence-electron chi connectivity index (χ3n) is 4.53. The van der Waals surface area contributed by atoms with E-state index in [4.69, 9.17) is 4.74 Å². The summed E-state index contributed by atoms with van der Waals surface area (Å²) in [6.07, 6.45) is 6.10. The van der Waals surface area contributed by atoms with Gasteiger partial charge in [-0.25, -0.2) is 4.79 Å². The molecule has 2 aliphatic rings. The van der Waals surface area contributed by atoms with Gasteiger partial charge in [-0.2, -0.15) is 0 Å². The van der Waals surface area contributed by atoms with Crippen molar-refractivity contribution in [2.75, 3.05) is 19.8 Å². The average molecular weight is 284 g/mol. The SMILES string of the molecule is CC1(C(=O)O)COCC1NC(=O)NCC1CCCCC1. The Morgan fingerprint density at radius 1 is 1.30 bits per heavy atom. The Kier molecular flexibility index (Phi) is 4.86. The number of carbonyl (C=O) groups excluding carboxylic acids is 1. The van der Waals surface area contributed by atoms with Crippen molar-refractivity contribution >= 4 is 12.0 Å². The fourth-order valence-electron chi connectivity index (χ4n) is 2.92. The van der Waals surface area contributed by atoms with Gasteiger partial charge in [-0.3, -0.25) is 4.79 Å². The van der Waals surface area contributed by atoms with Gasteiger partial charge >= 0.3 is 12.0 Å². The number of hydrogen-bond donors (Lipinski definition) is 3. The second-order valence-corrected chi connectivity index (χ2v) is 6.15. The lowest BCUT2D eigenvalue weighted by Gasteiger charge is -2.26. The first-order valence-electron chi connectivity index (χ1n) is 7.38. The zero-order valence-corrected chi connectivity index (χ0v) is 12.0. The van der Waals surface area contributed by atoms with Gasteiger partial charge < -0.3 is 20.5 Å². The molecule has 0 spiro atoms. The molecule has 0 bridgehead atoms. The second kappa shape index (κ2) is 6.43. The summed E-state index contributed by atoms with van der Waals surface area (Å²) in [6.45, 7) is 2.66. The van der Waals surface area contributed by atoms with Crippen LogP contribution in [-0.2, 0) is 9.53 Å². The van der Waals surface area contributed by atoms with E-state index >= 15 is 0 Å². The molecule has 1 aliphatic carbocycles. The van der Waals surface area contributed by atoms with Gasteiger partial charge in [0.25, 0.3) is 0 Å². The van der Waals surface area contributed by atoms with Gasteiger partial charge in [-0.15, -0.1) is 0 Å². The fourth-order valence-corrected chi connectivity index (χ4v) is 2.92. The number of ether oxygens (including phenoxy) is 1. The molecule has 20 heavy (non-hydrogen) atoms. The van der Waals surface area contributed by atoms with E-state index in [0.717, 1.165) is 0 Å². The highest BCUT2D eigenvalue weighted by Gasteiger charge is 2.47. The van der Waals surface area contributed by atoms with Crippen LogP contribution in [0.2, 0.25) is 0 Å². The molecule has 2 rings (SSSR count). The summed E-state index contributed by atoms with van der Waals surface area (Å²) in [5, 5.41) is 14.8. The number of urea groups is 1. The molecule has 2 unspecified atom stereocenters. The fraction of sp³-hybridized carbons (Fsp3) is 0.857. The van der Waals surface area contributed by atoms with Crippen molar-refractivity contribution in [3.05, 3.63) is 0 Å². The number of carbonyl (C=O) groups is 2. The molecule has 2 amide bonds. The summed E-state index contributed by atoms with van der Waals surface area (Å²) in [5.74, 6) is -0.382. The van der Waals surface area contributed by atoms with Crippen LogP contribution in [0.25, 0.3) is 0 Å². The lowest BCUT2D eigenvalue weighted by atomic mass is 9.85. The molecule has 0 aromatic rings. The zero-order valence-electron chi connectivity index (χ0n) is 12.0. The molecule has 6 heteroatoms. The summed E-state index contributed by atoms with van der Waals surface area (Å²) in [6, 6.07) is -0.773. The van der Waals surface area contributed by atoms with E-state index in [9.17, 15) is 14.7 Å². The van der Waals surface area contributed by atoms with Crippen LogP contribution >= 0.6 is 0 Å². The molecule has 3 N–H and O–H groups in total. The molecule has 2 atom stereocenters. The summed E-state index contributed by atoms with van der Waals surface area (Å²) in [7, 11) is 0. The smallest absolute Gasteiger partial charge is 0.315 e. The predicted octanol–water partition coefficient (Wildman–Crippen LogP) is 1.36. The maximum Gasteiger partial charge on any atom is 0.315 e. The van der Waals surface area contributed by atoms with E-state index in [1.807, 2.05) is 0 Å². The highest BCUT2D eigenvalue weighted by molar-refractivity contribution is 5.79. The van der Waals surface area contributed by atoms with Crippen LogP contribution in [-0.4, -0.2) is 42.9 Å². The van der Waals surface area contributed by atoms with Crippen molar-refractivity contribution < 1.29 is 19.4 Å². The van der Waals surface area contributed by atoms with E-state index < -0.39 is 17.4 Å². The van der Waals surface area contributed by atoms with Gasteiger partial charge in [0.05, 0.1) is 19.3 Å². The standard InChI is InChI=1S/C14H24N2O4/c1-14(12(17)18)9-20-8-11(14)16-13(19)15-7-10-5-3-2-4-6-10/h10-11H,2-9H2,1H3,(H,17,18)(H2,15,16,19). The number of rotatable bonds is 4. The van der Waals surface area contributed by atoms with Crippen LogP contribution in [0.15, 0.2) is 0 Å². The van der Waals surface area contributed by atoms with Gasteiger partial charge in [0.1, 0.15) is 5.41 Å². The average Bonchev–Trinajstić information content (AvgIpc) is 2.80. The molecule has 114 valence electrons. The number of amides is 2. The van der Waals surface area contributed by atoms with Gasteiger partial charge in [0.2, 0.25) is 0 Å². The number of carboxylic acids is 1. The molecule has 1 saturated carbocycles. The number of hydrogen-bond acceptors (Lipinski definition) is 3. The Labute approximate surface area is 119 Å². The van der Waals surface area contributed by atoms with E-state index in [-0.39, 0.29) is 19.2 Å². The molecule has 0 aromatic carbocycles. The molecule has 1 aliphatic heterocycles. The minimum absolute atomic E-state index is 0.135. The third kappa shape index (κ3) is 3.42. The van der Waals surface area contributed by atoms with Crippen LogP contribution in [0.3, 0.4) is 0 Å². The van der Waals surface area contributed by atoms with E-state index in [1.165, 1.54) is 32.1 Å². The molecule has 0 radical (unpaired) electrons. The van der Waals surface area contributed by atoms with E-state index in [0.29, 0.717) is 12.5 Å². The van der Waals surface area contributed by atoms with Crippen LogP contribution in [0.4, 0.5) is 4.79 Å². The maximum atomic E-state index is 11.9. The lowest BCUT2D eigenvalue weighted by molar-refractivity contribution is -0.148. The van der Waals surface area contributed by atoms with Gasteiger partial charge in [0.15, 0.2) is 0 Å². The van der Waals surface area contributed by atoms with Crippen LogP contribution in [0.1, 0.15) is 39.0 Å². The summed E-state index contributed by atoms with van der Waals surface area (Å²) < 4.78 is 5.21. The Hall–Kier alpha value is -1.30. The number of carboxylic acid groups (broad SMARTS) is 1. The van der Waals surface area contributed by atoms with Gasteiger partial charge in [-0.05, 0) is 25.7 Å². The number of aliphatic carboxylic acids is 1. The molecule has 6 nitrogen and oxygen atoms in total. The number of nitrogens with one attached hydrogen (secondary N) is 2. The third-order valence-corrected chi connectivity index (χ3v) is 4.53. The summed E-state index contributed by atoms with van der Waals surface area (Å²) >= 11 is 0. The monoisotopic (exact) mass is 284 g/mol. The van der Waals surface area contributed by atoms with Crippen molar-refractivity contribution in [1.29, 1.82) is 0 Å². The highest BCUT2D eigenvalue weighted by atomic mass is 16.5. The van der Waals surface area contributed by atoms with Crippen LogP contribution in [0.5, 0.6) is 0 Å². The first-order valence-corrected chi connectivity index (χ1v) is 7.38. The van der Waals surface area contributed by atoms with Crippen LogP contribution in [0, 0.1) is 11.3 Å². The van der Waals surface area contributed by atoms with Gasteiger partial charge in [0, 0.05) is 6.54 Å². The minimum atomic E-state index is -1.04. The second-order valence-electron chi connectivity index (χ2n) is 6.15. The van der Waals surface area contributed by atoms with Crippen molar-refractivity contribution in [2.24, 2.45) is 11.3 Å². The van der Waals surface area contributed by atoms with Gasteiger partial charge in [-0.1, -0.05) is 19.3 Å². The molecule has 0 aromatic heterocycles. The molecule has 2 fully saturated rings.